The fraction of sp³-hybridized carbons (Fsp3) is 0.375. The highest BCUT2D eigenvalue weighted by molar-refractivity contribution is 7.94. The highest BCUT2D eigenvalue weighted by Gasteiger charge is 2.49. The molecule has 0 fully saturated rings. The number of amides is 1. The summed E-state index contributed by atoms with van der Waals surface area (Å²) in [6.07, 6.45) is 4.20. The normalized spacial score (nSPS) is 28.5. The number of hydrogen-bond donors (Lipinski definition) is 2. The lowest BCUT2D eigenvalue weighted by Crippen LogP contribution is -2.53. The number of nitrogens with two attached hydrogens (primary N) is 1. The van der Waals surface area contributed by atoms with Gasteiger partial charge in [0.2, 0.25) is 5.90 Å². The fourth-order valence-electron chi connectivity index (χ4n) is 2.52. The molecule has 0 saturated heterocycles. The Kier molecular flexibility index (Phi) is 4.19. The van der Waals surface area contributed by atoms with Gasteiger partial charge in [0.25, 0.3) is 0 Å². The molecule has 3 N–H and O–H groups in total. The average Bonchev–Trinajstić information content (AvgIpc) is 2.44. The van der Waals surface area contributed by atoms with Crippen molar-refractivity contribution in [2.75, 3.05) is 5.75 Å². The van der Waals surface area contributed by atoms with Crippen molar-refractivity contribution in [1.82, 2.24) is 0 Å². The Morgan fingerprint density at radius 1 is 1.50 bits per heavy atom. The van der Waals surface area contributed by atoms with Crippen LogP contribution >= 0.6 is 0 Å². The van der Waals surface area contributed by atoms with Crippen LogP contribution in [-0.4, -0.2) is 26.7 Å². The van der Waals surface area contributed by atoms with Gasteiger partial charge in [-0.25, -0.2) is 18.4 Å². The molecule has 0 aromatic heterocycles. The van der Waals surface area contributed by atoms with Crippen LogP contribution in [0.15, 0.2) is 23.2 Å². The van der Waals surface area contributed by atoms with Gasteiger partial charge in [0, 0.05) is 11.1 Å². The lowest BCUT2D eigenvalue weighted by molar-refractivity contribution is 0.204. The molecule has 0 bridgehead atoms. The molecule has 128 valence electrons. The molecule has 24 heavy (non-hydrogen) atoms. The maximum atomic E-state index is 14.3. The van der Waals surface area contributed by atoms with Crippen molar-refractivity contribution in [3.05, 3.63) is 35.1 Å². The summed E-state index contributed by atoms with van der Waals surface area (Å²) in [5, 5.41) is 0. The number of terminal acetylenes is 1. The van der Waals surface area contributed by atoms with Crippen LogP contribution < -0.4 is 5.73 Å². The summed E-state index contributed by atoms with van der Waals surface area (Å²) >= 11 is 0. The van der Waals surface area contributed by atoms with Gasteiger partial charge in [-0.1, -0.05) is 5.92 Å². The molecule has 1 aliphatic rings. The number of ether oxygens (including phenoxy) is 1. The molecular weight excluding hydrogens is 333 g/mol. The zero-order valence-corrected chi connectivity index (χ0v) is 14.4. The van der Waals surface area contributed by atoms with E-state index in [1.165, 1.54) is 39.0 Å². The van der Waals surface area contributed by atoms with Gasteiger partial charge in [0.15, 0.2) is 0 Å². The first-order valence-corrected chi connectivity index (χ1v) is 8.76. The predicted octanol–water partition coefficient (Wildman–Crippen LogP) is 2.35. The first-order chi connectivity index (χ1) is 10.9. The van der Waals surface area contributed by atoms with E-state index >= 15 is 0 Å². The highest BCUT2D eigenvalue weighted by Crippen LogP contribution is 2.39. The highest BCUT2D eigenvalue weighted by atomic mass is 32.2. The van der Waals surface area contributed by atoms with Crippen molar-refractivity contribution in [2.45, 2.75) is 31.1 Å². The summed E-state index contributed by atoms with van der Waals surface area (Å²) in [4.78, 5) is 15.4. The number of halogens is 1. The molecular formula is C16H18FN3O3S. The summed E-state index contributed by atoms with van der Waals surface area (Å²) in [5.41, 5.74) is 4.16. The molecule has 1 aliphatic heterocycles. The Labute approximate surface area is 140 Å². The van der Waals surface area contributed by atoms with Gasteiger partial charge in [0.05, 0.1) is 15.5 Å². The minimum atomic E-state index is -3.33. The van der Waals surface area contributed by atoms with Crippen LogP contribution in [0.2, 0.25) is 0 Å². The number of carbonyl (C=O) groups excluding carboxylic acids is 1. The number of nitrogens with one attached hydrogen (secondary N) is 1. The van der Waals surface area contributed by atoms with Crippen molar-refractivity contribution in [3.63, 3.8) is 0 Å². The van der Waals surface area contributed by atoms with Crippen molar-refractivity contribution in [3.8, 4) is 12.3 Å². The molecule has 2 rings (SSSR count). The van der Waals surface area contributed by atoms with Crippen LogP contribution in [0.25, 0.3) is 0 Å². The van der Waals surface area contributed by atoms with Crippen LogP contribution in [0.1, 0.15) is 31.9 Å². The standard InChI is InChI=1S/C16H18FN3O3S/c1-5-10-6-7-12(17)11(8-10)16(4)9-24(19,22)15(2,3)13(20-16)23-14(18)21/h1,6-8,19H,9H2,2-4H3,(H2,18,21)/t16-,24?/m0/s1. The molecule has 1 heterocycles. The second kappa shape index (κ2) is 5.60. The van der Waals surface area contributed by atoms with Gasteiger partial charge in [-0.2, -0.15) is 0 Å². The summed E-state index contributed by atoms with van der Waals surface area (Å²) in [6, 6.07) is 4.03. The number of nitrogens with zero attached hydrogens (tertiary/aromatic N) is 1. The Bertz CT molecular complexity index is 884. The van der Waals surface area contributed by atoms with Crippen molar-refractivity contribution < 1.29 is 18.1 Å². The van der Waals surface area contributed by atoms with E-state index in [0.717, 1.165) is 0 Å². The summed E-state index contributed by atoms with van der Waals surface area (Å²) in [7, 11) is -3.33. The van der Waals surface area contributed by atoms with Crippen LogP contribution in [0.4, 0.5) is 9.18 Å². The fourth-order valence-corrected chi connectivity index (χ4v) is 4.26. The number of benzene rings is 1. The summed E-state index contributed by atoms with van der Waals surface area (Å²) in [5.74, 6) is 1.29. The van der Waals surface area contributed by atoms with Crippen molar-refractivity contribution in [2.24, 2.45) is 10.7 Å². The third-order valence-electron chi connectivity index (χ3n) is 4.08. The minimum Gasteiger partial charge on any atom is -0.394 e. The lowest BCUT2D eigenvalue weighted by Gasteiger charge is -2.39. The lowest BCUT2D eigenvalue weighted by atomic mass is 9.92. The number of rotatable bonds is 1. The predicted molar refractivity (Wildman–Crippen MR) is 89.6 cm³/mol. The Balaban J connectivity index is 2.73. The molecule has 1 unspecified atom stereocenters. The molecule has 2 atom stereocenters. The van der Waals surface area contributed by atoms with E-state index in [0.29, 0.717) is 5.56 Å². The molecule has 0 saturated carbocycles. The molecule has 0 radical (unpaired) electrons. The van der Waals surface area contributed by atoms with E-state index in [9.17, 15) is 13.4 Å². The largest absolute Gasteiger partial charge is 0.411 e. The molecule has 1 aromatic carbocycles. The molecule has 8 heteroatoms. The van der Waals surface area contributed by atoms with Crippen molar-refractivity contribution >= 4 is 21.7 Å². The number of hydrogen-bond acceptors (Lipinski definition) is 5. The number of primary amides is 1. The van der Waals surface area contributed by atoms with Gasteiger partial charge >= 0.3 is 6.09 Å². The second-order valence-corrected chi connectivity index (χ2v) is 8.94. The van der Waals surface area contributed by atoms with Crippen LogP contribution in [-0.2, 0) is 20.0 Å². The van der Waals surface area contributed by atoms with Gasteiger partial charge < -0.3 is 10.5 Å². The van der Waals surface area contributed by atoms with E-state index < -0.39 is 31.9 Å². The van der Waals surface area contributed by atoms with Crippen LogP contribution in [0.3, 0.4) is 0 Å². The second-order valence-electron chi connectivity index (χ2n) is 6.28. The monoisotopic (exact) mass is 351 g/mol. The first-order valence-electron chi connectivity index (χ1n) is 7.03. The molecule has 1 amide bonds. The number of aliphatic imine (C=N–C) groups is 1. The third kappa shape index (κ3) is 2.87. The third-order valence-corrected chi connectivity index (χ3v) is 6.87. The summed E-state index contributed by atoms with van der Waals surface area (Å²) < 4.78 is 39.0. The van der Waals surface area contributed by atoms with Crippen LogP contribution in [0, 0.1) is 22.9 Å². The van der Waals surface area contributed by atoms with Gasteiger partial charge in [-0.05, 0) is 39.0 Å². The quantitative estimate of drug-likeness (QED) is 0.759. The molecule has 0 aliphatic carbocycles. The zero-order valence-electron chi connectivity index (χ0n) is 13.6. The van der Waals surface area contributed by atoms with E-state index in [4.69, 9.17) is 21.7 Å². The SMILES string of the molecule is C#Cc1ccc(F)c([C@]2(C)CS(=N)(=O)C(C)(C)C(OC(N)=O)=N2)c1. The van der Waals surface area contributed by atoms with E-state index in [1.54, 1.807) is 0 Å². The maximum Gasteiger partial charge on any atom is 0.411 e. The van der Waals surface area contributed by atoms with Gasteiger partial charge in [0.1, 0.15) is 16.1 Å². The summed E-state index contributed by atoms with van der Waals surface area (Å²) in [6.45, 7) is 4.45. The molecule has 1 aromatic rings. The van der Waals surface area contributed by atoms with Gasteiger partial charge in [-0.3, -0.25) is 4.78 Å². The van der Waals surface area contributed by atoms with Crippen LogP contribution in [0.5, 0.6) is 0 Å². The molecule has 6 nitrogen and oxygen atoms in total. The molecule has 0 spiro atoms. The minimum absolute atomic E-state index is 0.0824. The Morgan fingerprint density at radius 3 is 2.67 bits per heavy atom. The van der Waals surface area contributed by atoms with Crippen molar-refractivity contribution in [1.29, 1.82) is 4.78 Å². The smallest absolute Gasteiger partial charge is 0.394 e. The van der Waals surface area contributed by atoms with E-state index in [-0.39, 0.29) is 17.2 Å². The maximum absolute atomic E-state index is 14.3. The first kappa shape index (κ1) is 17.9. The topological polar surface area (TPSA) is 106 Å². The Morgan fingerprint density at radius 2 is 2.12 bits per heavy atom. The van der Waals surface area contributed by atoms with Gasteiger partial charge in [-0.15, -0.1) is 6.42 Å². The zero-order chi connectivity index (χ0) is 18.3. The van der Waals surface area contributed by atoms with E-state index in [2.05, 4.69) is 10.9 Å². The average molecular weight is 351 g/mol. The van der Waals surface area contributed by atoms with E-state index in [1.807, 2.05) is 0 Å². The number of carbonyl (C=O) groups is 1. The Hall–Kier alpha value is -2.40.